The molecule has 0 bridgehead atoms. The monoisotopic (exact) mass is 645 g/mol. The molecule has 0 aromatic carbocycles. The zero-order valence-corrected chi connectivity index (χ0v) is 33.4. The van der Waals surface area contributed by atoms with Crippen molar-refractivity contribution in [2.45, 2.75) is 214 Å². The Morgan fingerprint density at radius 1 is 0.262 bits per heavy atom. The summed E-state index contributed by atoms with van der Waals surface area (Å²) in [5.74, 6) is 0. The Morgan fingerprint density at radius 3 is 0.595 bits per heavy atom. The van der Waals surface area contributed by atoms with E-state index in [2.05, 4.69) is 48.5 Å². The molecule has 0 aromatic rings. The second kappa shape index (κ2) is 32.2. The fourth-order valence-electron chi connectivity index (χ4n) is 7.06. The van der Waals surface area contributed by atoms with Crippen LogP contribution in [0.2, 0.25) is 0 Å². The Labute approximate surface area is 273 Å². The van der Waals surface area contributed by atoms with Gasteiger partial charge in [-0.2, -0.15) is 0 Å². The molecule has 0 radical (unpaired) electrons. The standard InChI is InChI=1S/C39H83P3/c1-8-15-21-27-33-40(34-28-22-16-9-2)39(14-7,41(35-29-23-17-10-3)36-30-24-18-11-4)42(37-31-25-19-12-5)38-32-26-20-13-6/h8-38H2,1-7H3. The molecule has 3 heteroatoms. The molecule has 254 valence electrons. The summed E-state index contributed by atoms with van der Waals surface area (Å²) in [5.41, 5.74) is 0. The number of unbranched alkanes of at least 4 members (excludes halogenated alkanes) is 18. The molecule has 0 heterocycles. The minimum Gasteiger partial charge on any atom is -0.0913 e. The number of hydrogen-bond donors (Lipinski definition) is 0. The van der Waals surface area contributed by atoms with Gasteiger partial charge in [0.05, 0.1) is 0 Å². The van der Waals surface area contributed by atoms with Gasteiger partial charge in [0.25, 0.3) is 0 Å². The first-order valence-corrected chi connectivity index (χ1v) is 25.0. The highest BCUT2D eigenvalue weighted by Crippen LogP contribution is 2.82. The second-order valence-corrected chi connectivity index (χ2v) is 22.7. The molecule has 0 amide bonds. The third-order valence-corrected chi connectivity index (χ3v) is 23.9. The summed E-state index contributed by atoms with van der Waals surface area (Å²) in [6.45, 7) is 17.2. The molecule has 0 aliphatic heterocycles. The summed E-state index contributed by atoms with van der Waals surface area (Å²) in [6, 6.07) is 0. The van der Waals surface area contributed by atoms with E-state index in [0.29, 0.717) is 0 Å². The van der Waals surface area contributed by atoms with Crippen molar-refractivity contribution in [1.82, 2.24) is 0 Å². The van der Waals surface area contributed by atoms with E-state index in [9.17, 15) is 0 Å². The van der Waals surface area contributed by atoms with Crippen LogP contribution in [0.5, 0.6) is 0 Å². The molecule has 0 saturated heterocycles. The Balaban J connectivity index is 6.57. The number of rotatable bonds is 34. The summed E-state index contributed by atoms with van der Waals surface area (Å²) in [5, 5.41) is 0. The van der Waals surface area contributed by atoms with Gasteiger partial charge < -0.3 is 0 Å². The molecule has 0 fully saturated rings. The molecular formula is C39H83P3. The van der Waals surface area contributed by atoms with Crippen LogP contribution >= 0.6 is 23.8 Å². The van der Waals surface area contributed by atoms with Crippen molar-refractivity contribution in [3.05, 3.63) is 0 Å². The van der Waals surface area contributed by atoms with Gasteiger partial charge in [-0.15, -0.1) is 0 Å². The summed E-state index contributed by atoms with van der Waals surface area (Å²) in [7, 11) is 0.418. The highest BCUT2D eigenvalue weighted by atomic mass is 31.2. The normalized spacial score (nSPS) is 12.4. The van der Waals surface area contributed by atoms with Gasteiger partial charge in [-0.25, -0.2) is 0 Å². The van der Waals surface area contributed by atoms with Crippen LogP contribution in [0.15, 0.2) is 0 Å². The van der Waals surface area contributed by atoms with E-state index in [-0.39, 0.29) is 23.8 Å². The molecule has 0 aromatic heterocycles. The van der Waals surface area contributed by atoms with Gasteiger partial charge in [-0.05, 0) is 81.9 Å². The Bertz CT molecular complexity index is 416. The van der Waals surface area contributed by atoms with Crippen molar-refractivity contribution in [2.24, 2.45) is 0 Å². The van der Waals surface area contributed by atoms with E-state index >= 15 is 0 Å². The zero-order chi connectivity index (χ0) is 31.2. The first-order valence-electron chi connectivity index (χ1n) is 19.9. The third kappa shape index (κ3) is 19.7. The van der Waals surface area contributed by atoms with Gasteiger partial charge in [-0.1, -0.05) is 188 Å². The Hall–Kier alpha value is 1.29. The third-order valence-electron chi connectivity index (χ3n) is 9.68. The quantitative estimate of drug-likeness (QED) is 0.0483. The minimum absolute atomic E-state index is 0.139. The molecule has 0 aliphatic rings. The van der Waals surface area contributed by atoms with Gasteiger partial charge in [0, 0.05) is 4.64 Å². The first kappa shape index (κ1) is 43.3. The van der Waals surface area contributed by atoms with Crippen LogP contribution in [0, 0.1) is 0 Å². The highest BCUT2D eigenvalue weighted by Gasteiger charge is 2.47. The van der Waals surface area contributed by atoms with Gasteiger partial charge in [0.2, 0.25) is 0 Å². The lowest BCUT2D eigenvalue weighted by molar-refractivity contribution is 0.684. The zero-order valence-electron chi connectivity index (χ0n) is 30.8. The molecule has 0 unspecified atom stereocenters. The van der Waals surface area contributed by atoms with Crippen LogP contribution in [0.25, 0.3) is 0 Å². The first-order chi connectivity index (χ1) is 20.6. The van der Waals surface area contributed by atoms with Crippen molar-refractivity contribution in [1.29, 1.82) is 0 Å². The van der Waals surface area contributed by atoms with E-state index in [1.807, 2.05) is 0 Å². The van der Waals surface area contributed by atoms with Crippen LogP contribution in [-0.2, 0) is 0 Å². The summed E-state index contributed by atoms with van der Waals surface area (Å²) >= 11 is 0. The fraction of sp³-hybridized carbons (Fsp3) is 1.00. The van der Waals surface area contributed by atoms with E-state index in [0.717, 1.165) is 4.64 Å². The predicted octanol–water partition coefficient (Wildman–Crippen LogP) is 16.0. The van der Waals surface area contributed by atoms with Crippen LogP contribution in [0.4, 0.5) is 0 Å². The van der Waals surface area contributed by atoms with E-state index in [4.69, 9.17) is 0 Å². The highest BCUT2D eigenvalue weighted by molar-refractivity contribution is 7.93. The van der Waals surface area contributed by atoms with Crippen molar-refractivity contribution in [3.63, 3.8) is 0 Å². The van der Waals surface area contributed by atoms with E-state index < -0.39 is 0 Å². The molecular weight excluding hydrogens is 561 g/mol. The van der Waals surface area contributed by atoms with Crippen molar-refractivity contribution < 1.29 is 0 Å². The fourth-order valence-corrected chi connectivity index (χ4v) is 23.3. The lowest BCUT2D eigenvalue weighted by Crippen LogP contribution is -2.29. The molecule has 0 atom stereocenters. The molecule has 0 nitrogen and oxygen atoms in total. The van der Waals surface area contributed by atoms with Gasteiger partial charge >= 0.3 is 0 Å². The lowest BCUT2D eigenvalue weighted by Gasteiger charge is -2.53. The predicted molar refractivity (Wildman–Crippen MR) is 208 cm³/mol. The Kier molecular flexibility index (Phi) is 33.2. The van der Waals surface area contributed by atoms with Crippen molar-refractivity contribution >= 4 is 23.8 Å². The molecule has 0 N–H and O–H groups in total. The van der Waals surface area contributed by atoms with Crippen molar-refractivity contribution in [2.75, 3.05) is 37.0 Å². The lowest BCUT2D eigenvalue weighted by atomic mass is 10.2. The van der Waals surface area contributed by atoms with Crippen molar-refractivity contribution in [3.8, 4) is 0 Å². The van der Waals surface area contributed by atoms with Gasteiger partial charge in [0.15, 0.2) is 0 Å². The average Bonchev–Trinajstić information content (AvgIpc) is 3.00. The molecule has 0 saturated carbocycles. The molecule has 42 heavy (non-hydrogen) atoms. The molecule has 0 aliphatic carbocycles. The van der Waals surface area contributed by atoms with Crippen LogP contribution in [-0.4, -0.2) is 41.6 Å². The largest absolute Gasteiger partial charge is 0.0913 e. The number of hydrogen-bond acceptors (Lipinski definition) is 0. The van der Waals surface area contributed by atoms with Crippen LogP contribution in [0.1, 0.15) is 209 Å². The van der Waals surface area contributed by atoms with E-state index in [1.165, 1.54) is 116 Å². The van der Waals surface area contributed by atoms with Gasteiger partial charge in [-0.3, -0.25) is 0 Å². The maximum Gasteiger partial charge on any atom is 0.0298 e. The van der Waals surface area contributed by atoms with Gasteiger partial charge in [0.1, 0.15) is 0 Å². The SMILES string of the molecule is CCCCCCP(CCCCCC)C(CC)(P(CCCCCC)CCCCCC)P(CCCCCC)CCCCCC. The average molecular weight is 645 g/mol. The summed E-state index contributed by atoms with van der Waals surface area (Å²) in [4.78, 5) is 0. The summed E-state index contributed by atoms with van der Waals surface area (Å²) < 4.78 is 0.773. The Morgan fingerprint density at radius 2 is 0.452 bits per heavy atom. The second-order valence-electron chi connectivity index (χ2n) is 13.5. The van der Waals surface area contributed by atoms with Crippen LogP contribution < -0.4 is 0 Å². The maximum atomic E-state index is 2.73. The topological polar surface area (TPSA) is 0 Å². The molecule has 0 rings (SSSR count). The van der Waals surface area contributed by atoms with E-state index in [1.54, 1.807) is 81.9 Å². The minimum atomic E-state index is 0.139. The maximum absolute atomic E-state index is 2.73. The van der Waals surface area contributed by atoms with Crippen LogP contribution in [0.3, 0.4) is 0 Å². The smallest absolute Gasteiger partial charge is 0.0298 e. The summed E-state index contributed by atoms with van der Waals surface area (Å²) in [6.07, 6.45) is 46.6. The molecule has 0 spiro atoms.